The van der Waals surface area contributed by atoms with Crippen LogP contribution in [0.4, 0.5) is 0 Å². The summed E-state index contributed by atoms with van der Waals surface area (Å²) in [5.41, 5.74) is 10.0. The van der Waals surface area contributed by atoms with E-state index in [-0.39, 0.29) is 22.3 Å². The van der Waals surface area contributed by atoms with Crippen LogP contribution in [0.3, 0.4) is 0 Å². The number of hydrogen-bond acceptors (Lipinski definition) is 4. The normalized spacial score (nSPS) is 20.4. The molecule has 0 spiro atoms. The summed E-state index contributed by atoms with van der Waals surface area (Å²) >= 11 is 3.13. The number of hydrogen-bond donors (Lipinski definition) is 2. The van der Waals surface area contributed by atoms with Crippen LogP contribution >= 0.6 is 23.5 Å². The summed E-state index contributed by atoms with van der Waals surface area (Å²) in [6.07, 6.45) is 1.40. The Kier molecular flexibility index (Phi) is 4.71. The molecule has 6 heteroatoms. The maximum atomic E-state index is 12.4. The Morgan fingerprint density at radius 2 is 1.23 bits per heavy atom. The molecule has 0 aromatic heterocycles. The number of thioether (sulfide) groups is 2. The van der Waals surface area contributed by atoms with Crippen LogP contribution in [0.5, 0.6) is 0 Å². The third kappa shape index (κ3) is 3.48. The topological polar surface area (TPSA) is 58.2 Å². The van der Waals surface area contributed by atoms with Gasteiger partial charge in [-0.25, -0.2) is 0 Å². The summed E-state index contributed by atoms with van der Waals surface area (Å²) in [5.74, 6) is -0.290. The average Bonchev–Trinajstić information content (AvgIpc) is 3.22. The van der Waals surface area contributed by atoms with Crippen molar-refractivity contribution in [2.45, 2.75) is 47.0 Å². The van der Waals surface area contributed by atoms with E-state index in [9.17, 15) is 9.59 Å². The van der Waals surface area contributed by atoms with Crippen molar-refractivity contribution in [2.75, 3.05) is 0 Å². The largest absolute Gasteiger partial charge is 0.272 e. The monoisotopic (exact) mass is 384 g/mol. The van der Waals surface area contributed by atoms with E-state index in [1.807, 2.05) is 13.8 Å². The van der Waals surface area contributed by atoms with Crippen molar-refractivity contribution in [3.05, 3.63) is 58.7 Å². The van der Waals surface area contributed by atoms with Crippen molar-refractivity contribution in [1.82, 2.24) is 10.9 Å². The molecule has 0 bridgehead atoms. The van der Waals surface area contributed by atoms with Gasteiger partial charge in [-0.05, 0) is 49.9 Å². The number of hydrazine groups is 1. The van der Waals surface area contributed by atoms with Gasteiger partial charge in [0, 0.05) is 9.79 Å². The van der Waals surface area contributed by atoms with Crippen LogP contribution in [0.1, 0.15) is 22.3 Å². The highest BCUT2D eigenvalue weighted by molar-refractivity contribution is 8.01. The molecule has 2 aromatic rings. The van der Waals surface area contributed by atoms with Gasteiger partial charge >= 0.3 is 0 Å². The van der Waals surface area contributed by atoms with Gasteiger partial charge in [0.05, 0.1) is 10.5 Å². The summed E-state index contributed by atoms with van der Waals surface area (Å²) in [6.45, 7) is 4.10. The van der Waals surface area contributed by atoms with Crippen LogP contribution in [0, 0.1) is 13.8 Å². The second kappa shape index (κ2) is 7.00. The molecule has 4 rings (SSSR count). The van der Waals surface area contributed by atoms with E-state index in [1.165, 1.54) is 22.3 Å². The van der Waals surface area contributed by atoms with E-state index in [4.69, 9.17) is 0 Å². The number of amides is 2. The molecular formula is C20H20N2O2S2. The lowest BCUT2D eigenvalue weighted by Gasteiger charge is -2.13. The zero-order valence-corrected chi connectivity index (χ0v) is 16.3. The Labute approximate surface area is 161 Å². The van der Waals surface area contributed by atoms with Gasteiger partial charge in [-0.3, -0.25) is 20.4 Å². The van der Waals surface area contributed by atoms with Gasteiger partial charge in [0.2, 0.25) is 0 Å². The Bertz CT molecular complexity index is 824. The molecule has 0 saturated heterocycles. The van der Waals surface area contributed by atoms with E-state index < -0.39 is 0 Å². The Morgan fingerprint density at radius 1 is 0.808 bits per heavy atom. The van der Waals surface area contributed by atoms with Gasteiger partial charge in [-0.15, -0.1) is 23.5 Å². The lowest BCUT2D eigenvalue weighted by atomic mass is 10.1. The summed E-state index contributed by atoms with van der Waals surface area (Å²) in [6, 6.07) is 12.5. The van der Waals surface area contributed by atoms with E-state index in [0.29, 0.717) is 12.8 Å². The molecule has 2 heterocycles. The minimum atomic E-state index is -0.192. The zero-order chi connectivity index (χ0) is 18.3. The molecular weight excluding hydrogens is 364 g/mol. The molecule has 2 aliphatic rings. The number of nitrogens with one attached hydrogen (secondary N) is 2. The van der Waals surface area contributed by atoms with Gasteiger partial charge in [0.25, 0.3) is 11.8 Å². The zero-order valence-electron chi connectivity index (χ0n) is 14.7. The Hall–Kier alpha value is -1.92. The van der Waals surface area contributed by atoms with Gasteiger partial charge in [-0.2, -0.15) is 0 Å². The van der Waals surface area contributed by atoms with Crippen LogP contribution in [0.2, 0.25) is 0 Å². The fraction of sp³-hybridized carbons (Fsp3) is 0.300. The van der Waals surface area contributed by atoms with Gasteiger partial charge in [0.15, 0.2) is 0 Å². The second-order valence-corrected chi connectivity index (χ2v) is 9.31. The second-order valence-electron chi connectivity index (χ2n) is 6.82. The molecule has 134 valence electrons. The number of carbonyl (C=O) groups excluding carboxylic acids is 2. The van der Waals surface area contributed by atoms with Crippen LogP contribution in [0.15, 0.2) is 46.2 Å². The first-order valence-electron chi connectivity index (χ1n) is 8.61. The predicted molar refractivity (Wildman–Crippen MR) is 105 cm³/mol. The smallest absolute Gasteiger partial charge is 0.252 e. The summed E-state index contributed by atoms with van der Waals surface area (Å²) in [5, 5.41) is -0.383. The quantitative estimate of drug-likeness (QED) is 0.781. The maximum Gasteiger partial charge on any atom is 0.252 e. The molecule has 0 saturated carbocycles. The molecule has 26 heavy (non-hydrogen) atoms. The van der Waals surface area contributed by atoms with E-state index in [0.717, 1.165) is 9.79 Å². The molecule has 0 unspecified atom stereocenters. The Morgan fingerprint density at radius 3 is 1.65 bits per heavy atom. The van der Waals surface area contributed by atoms with Crippen molar-refractivity contribution in [2.24, 2.45) is 0 Å². The van der Waals surface area contributed by atoms with E-state index >= 15 is 0 Å². The highest BCUT2D eigenvalue weighted by atomic mass is 32.2. The minimum absolute atomic E-state index is 0.145. The number of aryl methyl sites for hydroxylation is 2. The molecule has 2 aromatic carbocycles. The van der Waals surface area contributed by atoms with Gasteiger partial charge in [0.1, 0.15) is 0 Å². The fourth-order valence-corrected chi connectivity index (χ4v) is 5.83. The minimum Gasteiger partial charge on any atom is -0.272 e. The van der Waals surface area contributed by atoms with Crippen LogP contribution < -0.4 is 10.9 Å². The first-order valence-corrected chi connectivity index (χ1v) is 10.4. The van der Waals surface area contributed by atoms with Crippen LogP contribution in [0.25, 0.3) is 0 Å². The van der Waals surface area contributed by atoms with Crippen molar-refractivity contribution in [3.63, 3.8) is 0 Å². The molecule has 0 aliphatic carbocycles. The van der Waals surface area contributed by atoms with Gasteiger partial charge in [-0.1, -0.05) is 35.4 Å². The average molecular weight is 385 g/mol. The van der Waals surface area contributed by atoms with Gasteiger partial charge < -0.3 is 0 Å². The van der Waals surface area contributed by atoms with Crippen molar-refractivity contribution in [3.8, 4) is 0 Å². The lowest BCUT2D eigenvalue weighted by Crippen LogP contribution is -2.48. The summed E-state index contributed by atoms with van der Waals surface area (Å²) in [7, 11) is 0. The molecule has 2 aliphatic heterocycles. The van der Waals surface area contributed by atoms with Crippen molar-refractivity contribution in [1.29, 1.82) is 0 Å². The van der Waals surface area contributed by atoms with E-state index in [1.54, 1.807) is 23.5 Å². The fourth-order valence-electron chi connectivity index (χ4n) is 3.25. The van der Waals surface area contributed by atoms with E-state index in [2.05, 4.69) is 47.2 Å². The van der Waals surface area contributed by atoms with Crippen LogP contribution in [-0.2, 0) is 22.4 Å². The summed E-state index contributed by atoms with van der Waals surface area (Å²) < 4.78 is 0. The third-order valence-corrected chi connectivity index (χ3v) is 7.29. The standard InChI is InChI=1S/C20H20N2O2S2/c1-11-3-5-13-9-17(25-15(13)7-11)19(23)21-22-20(24)18-10-14-6-4-12(2)8-16(14)26-18/h3-8,17-18H,9-10H2,1-2H3,(H,21,23)(H,22,24)/t17-,18+. The molecule has 2 atom stereocenters. The Balaban J connectivity index is 1.31. The molecule has 2 amide bonds. The lowest BCUT2D eigenvalue weighted by molar-refractivity contribution is -0.128. The first-order chi connectivity index (χ1) is 12.5. The van der Waals surface area contributed by atoms with Crippen molar-refractivity contribution < 1.29 is 9.59 Å². The summed E-state index contributed by atoms with van der Waals surface area (Å²) in [4.78, 5) is 27.2. The highest BCUT2D eigenvalue weighted by Gasteiger charge is 2.31. The SMILES string of the molecule is Cc1ccc2c(c1)S[C@H](C(=O)NNC(=O)[C@H]1Cc3ccc(C)cc3S1)C2. The van der Waals surface area contributed by atoms with Crippen molar-refractivity contribution >= 4 is 35.3 Å². The number of fused-ring (bicyclic) bond motifs is 2. The van der Waals surface area contributed by atoms with Crippen LogP contribution in [-0.4, -0.2) is 22.3 Å². The highest BCUT2D eigenvalue weighted by Crippen LogP contribution is 2.38. The molecule has 4 nitrogen and oxygen atoms in total. The first kappa shape index (κ1) is 17.5. The molecule has 0 radical (unpaired) electrons. The molecule has 2 N–H and O–H groups in total. The number of benzene rings is 2. The maximum absolute atomic E-state index is 12.4. The third-order valence-electron chi connectivity index (χ3n) is 4.69. The molecule has 0 fully saturated rings. The predicted octanol–water partition coefficient (Wildman–Crippen LogP) is 3.18. The number of carbonyl (C=O) groups is 2. The number of rotatable bonds is 2.